The highest BCUT2D eigenvalue weighted by molar-refractivity contribution is 6.30. The maximum absolute atomic E-state index is 5.98. The van der Waals surface area contributed by atoms with Crippen molar-refractivity contribution in [2.24, 2.45) is 0 Å². The first-order valence-corrected chi connectivity index (χ1v) is 7.32. The Morgan fingerprint density at radius 3 is 2.67 bits per heavy atom. The third-order valence-electron chi connectivity index (χ3n) is 3.68. The van der Waals surface area contributed by atoms with E-state index in [1.807, 2.05) is 12.1 Å². The molecular weight excluding hydrogens is 244 g/mol. The Morgan fingerprint density at radius 2 is 2.06 bits per heavy atom. The molecule has 2 nitrogen and oxygen atoms in total. The van der Waals surface area contributed by atoms with Crippen LogP contribution < -0.4 is 5.32 Å². The van der Waals surface area contributed by atoms with Crippen molar-refractivity contribution in [2.75, 3.05) is 25.0 Å². The summed E-state index contributed by atoms with van der Waals surface area (Å²) in [6.07, 6.45) is 3.73. The quantitative estimate of drug-likeness (QED) is 0.888. The normalized spacial score (nSPS) is 17.9. The number of nitrogens with zero attached hydrogens (tertiary/aromatic N) is 1. The molecule has 0 aliphatic carbocycles. The highest BCUT2D eigenvalue weighted by Gasteiger charge is 2.18. The van der Waals surface area contributed by atoms with Gasteiger partial charge in [0.15, 0.2) is 0 Å². The minimum Gasteiger partial charge on any atom is -0.382 e. The molecule has 1 fully saturated rings. The number of piperidine rings is 1. The summed E-state index contributed by atoms with van der Waals surface area (Å²) in [6.45, 7) is 8.05. The highest BCUT2D eigenvalue weighted by atomic mass is 35.5. The minimum absolute atomic E-state index is 0.609. The van der Waals surface area contributed by atoms with Crippen LogP contribution in [0.1, 0.15) is 31.7 Å². The second-order valence-electron chi connectivity index (χ2n) is 5.22. The van der Waals surface area contributed by atoms with E-state index in [4.69, 9.17) is 11.6 Å². The van der Waals surface area contributed by atoms with E-state index in [-0.39, 0.29) is 0 Å². The van der Waals surface area contributed by atoms with Crippen molar-refractivity contribution >= 4 is 17.3 Å². The molecule has 1 aliphatic rings. The molecule has 1 aromatic carbocycles. The smallest absolute Gasteiger partial charge is 0.0410 e. The van der Waals surface area contributed by atoms with Gasteiger partial charge in [-0.15, -0.1) is 0 Å². The number of hydrogen-bond donors (Lipinski definition) is 1. The first kappa shape index (κ1) is 13.7. The SMILES string of the molecule is CCCN1CCC(Nc2ccc(Cl)cc2C)CC1. The minimum atomic E-state index is 0.609. The monoisotopic (exact) mass is 266 g/mol. The molecule has 3 heteroatoms. The van der Waals surface area contributed by atoms with Crippen molar-refractivity contribution in [3.05, 3.63) is 28.8 Å². The van der Waals surface area contributed by atoms with E-state index < -0.39 is 0 Å². The molecule has 1 heterocycles. The lowest BCUT2D eigenvalue weighted by molar-refractivity contribution is 0.219. The first-order chi connectivity index (χ1) is 8.69. The van der Waals surface area contributed by atoms with Crippen molar-refractivity contribution < 1.29 is 0 Å². The van der Waals surface area contributed by atoms with Gasteiger partial charge in [-0.1, -0.05) is 18.5 Å². The van der Waals surface area contributed by atoms with Gasteiger partial charge in [-0.3, -0.25) is 0 Å². The third kappa shape index (κ3) is 3.63. The summed E-state index contributed by atoms with van der Waals surface area (Å²) in [7, 11) is 0. The first-order valence-electron chi connectivity index (χ1n) is 6.94. The largest absolute Gasteiger partial charge is 0.382 e. The molecule has 1 aromatic rings. The number of nitrogens with one attached hydrogen (secondary N) is 1. The lowest BCUT2D eigenvalue weighted by atomic mass is 10.0. The number of hydrogen-bond acceptors (Lipinski definition) is 2. The molecule has 1 aliphatic heterocycles. The standard InChI is InChI=1S/C15H23ClN2/c1-3-8-18-9-6-14(7-10-18)17-15-5-4-13(16)11-12(15)2/h4-5,11,14,17H,3,6-10H2,1-2H3. The van der Waals surface area contributed by atoms with E-state index in [0.29, 0.717) is 6.04 Å². The van der Waals surface area contributed by atoms with Crippen molar-refractivity contribution in [1.82, 2.24) is 4.90 Å². The lowest BCUT2D eigenvalue weighted by Gasteiger charge is -2.33. The van der Waals surface area contributed by atoms with Crippen LogP contribution >= 0.6 is 11.6 Å². The highest BCUT2D eigenvalue weighted by Crippen LogP contribution is 2.22. The van der Waals surface area contributed by atoms with Crippen LogP contribution in [-0.2, 0) is 0 Å². The number of anilines is 1. The number of benzene rings is 1. The van der Waals surface area contributed by atoms with Gasteiger partial charge >= 0.3 is 0 Å². The average Bonchev–Trinajstić information content (AvgIpc) is 2.35. The van der Waals surface area contributed by atoms with Crippen LogP contribution in [0.4, 0.5) is 5.69 Å². The van der Waals surface area contributed by atoms with E-state index in [0.717, 1.165) is 5.02 Å². The molecule has 0 amide bonds. The molecule has 0 atom stereocenters. The van der Waals surface area contributed by atoms with Gasteiger partial charge in [0.25, 0.3) is 0 Å². The molecule has 0 spiro atoms. The fraction of sp³-hybridized carbons (Fsp3) is 0.600. The molecule has 0 bridgehead atoms. The Balaban J connectivity index is 1.87. The topological polar surface area (TPSA) is 15.3 Å². The molecule has 100 valence electrons. The molecule has 1 N–H and O–H groups in total. The number of halogens is 1. The fourth-order valence-corrected chi connectivity index (χ4v) is 2.85. The van der Waals surface area contributed by atoms with Crippen molar-refractivity contribution in [1.29, 1.82) is 0 Å². The van der Waals surface area contributed by atoms with Crippen LogP contribution in [0.5, 0.6) is 0 Å². The van der Waals surface area contributed by atoms with Crippen LogP contribution in [0.2, 0.25) is 5.02 Å². The molecule has 1 saturated heterocycles. The molecule has 0 saturated carbocycles. The Hall–Kier alpha value is -0.730. The molecular formula is C15H23ClN2. The van der Waals surface area contributed by atoms with Gasteiger partial charge in [-0.25, -0.2) is 0 Å². The summed E-state index contributed by atoms with van der Waals surface area (Å²) in [5.74, 6) is 0. The molecule has 0 radical (unpaired) electrons. The summed E-state index contributed by atoms with van der Waals surface area (Å²) in [5.41, 5.74) is 2.46. The van der Waals surface area contributed by atoms with E-state index >= 15 is 0 Å². The Morgan fingerprint density at radius 1 is 1.33 bits per heavy atom. The van der Waals surface area contributed by atoms with E-state index in [9.17, 15) is 0 Å². The van der Waals surface area contributed by atoms with Crippen LogP contribution in [-0.4, -0.2) is 30.6 Å². The number of rotatable bonds is 4. The van der Waals surface area contributed by atoms with Crippen molar-refractivity contribution in [3.8, 4) is 0 Å². The molecule has 2 rings (SSSR count). The van der Waals surface area contributed by atoms with E-state index in [1.54, 1.807) is 0 Å². The number of likely N-dealkylation sites (tertiary alicyclic amines) is 1. The van der Waals surface area contributed by atoms with E-state index in [1.165, 1.54) is 50.1 Å². The zero-order valence-corrected chi connectivity index (χ0v) is 12.1. The van der Waals surface area contributed by atoms with Crippen molar-refractivity contribution in [3.63, 3.8) is 0 Å². The van der Waals surface area contributed by atoms with Crippen LogP contribution in [0.3, 0.4) is 0 Å². The summed E-state index contributed by atoms with van der Waals surface area (Å²) in [6, 6.07) is 6.69. The van der Waals surface area contributed by atoms with Crippen LogP contribution in [0.25, 0.3) is 0 Å². The Kier molecular flexibility index (Phi) is 4.90. The van der Waals surface area contributed by atoms with Crippen LogP contribution in [0.15, 0.2) is 18.2 Å². The van der Waals surface area contributed by atoms with Gasteiger partial charge in [-0.2, -0.15) is 0 Å². The summed E-state index contributed by atoms with van der Waals surface area (Å²) >= 11 is 5.98. The lowest BCUT2D eigenvalue weighted by Crippen LogP contribution is -2.39. The van der Waals surface area contributed by atoms with Gasteiger partial charge in [-0.05, 0) is 56.5 Å². The second-order valence-corrected chi connectivity index (χ2v) is 5.66. The van der Waals surface area contributed by atoms with Gasteiger partial charge in [0.2, 0.25) is 0 Å². The number of aryl methyl sites for hydroxylation is 1. The van der Waals surface area contributed by atoms with Gasteiger partial charge in [0.05, 0.1) is 0 Å². The van der Waals surface area contributed by atoms with Gasteiger partial charge in [0, 0.05) is 29.8 Å². The fourth-order valence-electron chi connectivity index (χ4n) is 2.63. The van der Waals surface area contributed by atoms with Crippen molar-refractivity contribution in [2.45, 2.75) is 39.2 Å². The van der Waals surface area contributed by atoms with Crippen LogP contribution in [0, 0.1) is 6.92 Å². The Bertz CT molecular complexity index is 384. The maximum Gasteiger partial charge on any atom is 0.0410 e. The summed E-state index contributed by atoms with van der Waals surface area (Å²) in [5, 5.41) is 4.47. The zero-order valence-electron chi connectivity index (χ0n) is 11.4. The predicted molar refractivity (Wildman–Crippen MR) is 79.6 cm³/mol. The maximum atomic E-state index is 5.98. The van der Waals surface area contributed by atoms with Gasteiger partial charge < -0.3 is 10.2 Å². The molecule has 0 aromatic heterocycles. The molecule has 0 unspecified atom stereocenters. The average molecular weight is 267 g/mol. The molecule has 18 heavy (non-hydrogen) atoms. The van der Waals surface area contributed by atoms with Gasteiger partial charge in [0.1, 0.15) is 0 Å². The van der Waals surface area contributed by atoms with E-state index in [2.05, 4.69) is 30.1 Å². The Labute approximate surface area is 115 Å². The summed E-state index contributed by atoms with van der Waals surface area (Å²) in [4.78, 5) is 2.56. The zero-order chi connectivity index (χ0) is 13.0. The summed E-state index contributed by atoms with van der Waals surface area (Å²) < 4.78 is 0. The second kappa shape index (κ2) is 6.44. The third-order valence-corrected chi connectivity index (χ3v) is 3.91. The predicted octanol–water partition coefficient (Wildman–Crippen LogP) is 3.93.